The van der Waals surface area contributed by atoms with Crippen molar-refractivity contribution in [1.29, 1.82) is 0 Å². The van der Waals surface area contributed by atoms with E-state index in [0.717, 1.165) is 5.56 Å². The lowest BCUT2D eigenvalue weighted by Crippen LogP contribution is -2.30. The molecule has 0 saturated heterocycles. The molecule has 0 saturated carbocycles. The van der Waals surface area contributed by atoms with Gasteiger partial charge in [0.15, 0.2) is 6.61 Å². The molecule has 0 aliphatic rings. The molecular weight excluding hydrogens is 428 g/mol. The molecule has 0 aliphatic carbocycles. The highest BCUT2D eigenvalue weighted by atomic mass is 32.2. The van der Waals surface area contributed by atoms with Crippen molar-refractivity contribution >= 4 is 33.3 Å². The molecule has 166 valence electrons. The Hall–Kier alpha value is -3.65. The highest BCUT2D eigenvalue weighted by Crippen LogP contribution is 2.23. The van der Waals surface area contributed by atoms with Crippen molar-refractivity contribution in [2.75, 3.05) is 22.8 Å². The number of anilines is 2. The Labute approximate surface area is 187 Å². The molecule has 0 atom stereocenters. The molecule has 0 bridgehead atoms. The van der Waals surface area contributed by atoms with Gasteiger partial charge < -0.3 is 10.1 Å². The van der Waals surface area contributed by atoms with E-state index in [-0.39, 0.29) is 17.0 Å². The summed E-state index contributed by atoms with van der Waals surface area (Å²) >= 11 is 0. The summed E-state index contributed by atoms with van der Waals surface area (Å²) in [5.74, 6) is -1.19. The highest BCUT2D eigenvalue weighted by Gasteiger charge is 2.24. The van der Waals surface area contributed by atoms with Gasteiger partial charge >= 0.3 is 5.97 Å². The van der Waals surface area contributed by atoms with Crippen molar-refractivity contribution in [2.24, 2.45) is 0 Å². The van der Waals surface area contributed by atoms with Crippen molar-refractivity contribution in [3.05, 3.63) is 90.0 Å². The predicted octanol–water partition coefficient (Wildman–Crippen LogP) is 4.01. The zero-order chi connectivity index (χ0) is 23.1. The summed E-state index contributed by atoms with van der Waals surface area (Å²) in [6, 6.07) is 21.5. The minimum absolute atomic E-state index is 0.0527. The van der Waals surface area contributed by atoms with Crippen LogP contribution in [0.2, 0.25) is 0 Å². The predicted molar refractivity (Wildman–Crippen MR) is 123 cm³/mol. The van der Waals surface area contributed by atoms with Crippen LogP contribution in [0.15, 0.2) is 83.8 Å². The maximum absolute atomic E-state index is 13.0. The van der Waals surface area contributed by atoms with E-state index in [1.165, 1.54) is 28.6 Å². The van der Waals surface area contributed by atoms with Crippen molar-refractivity contribution in [1.82, 2.24) is 0 Å². The number of carbonyl (C=O) groups is 2. The van der Waals surface area contributed by atoms with Gasteiger partial charge in [-0.3, -0.25) is 9.10 Å². The van der Waals surface area contributed by atoms with Gasteiger partial charge in [-0.05, 0) is 67.9 Å². The topological polar surface area (TPSA) is 92.8 Å². The number of carbonyl (C=O) groups excluding carboxylic acids is 2. The maximum atomic E-state index is 13.0. The average Bonchev–Trinajstić information content (AvgIpc) is 2.78. The molecule has 0 spiro atoms. The van der Waals surface area contributed by atoms with Crippen LogP contribution in [0.3, 0.4) is 0 Å². The van der Waals surface area contributed by atoms with Gasteiger partial charge in [-0.1, -0.05) is 30.3 Å². The SMILES string of the molecule is CCN(c1ccccc1)S(=O)(=O)c1ccc(C(=O)OCC(=O)Nc2cccc(C)c2)cc1. The third-order valence-electron chi connectivity index (χ3n) is 4.65. The quantitative estimate of drug-likeness (QED) is 0.522. The number of para-hydroxylation sites is 1. The Morgan fingerprint density at radius 3 is 2.25 bits per heavy atom. The first kappa shape index (κ1) is 23.0. The van der Waals surface area contributed by atoms with Gasteiger partial charge in [-0.25, -0.2) is 13.2 Å². The summed E-state index contributed by atoms with van der Waals surface area (Å²) < 4.78 is 32.4. The molecule has 8 heteroatoms. The molecule has 0 aliphatic heterocycles. The fourth-order valence-electron chi connectivity index (χ4n) is 3.11. The molecule has 0 aromatic heterocycles. The van der Waals surface area contributed by atoms with Gasteiger partial charge in [0, 0.05) is 12.2 Å². The van der Waals surface area contributed by atoms with Gasteiger partial charge in [0.1, 0.15) is 0 Å². The van der Waals surface area contributed by atoms with E-state index in [9.17, 15) is 18.0 Å². The lowest BCUT2D eigenvalue weighted by molar-refractivity contribution is -0.119. The monoisotopic (exact) mass is 452 g/mol. The first-order chi connectivity index (χ1) is 15.3. The number of sulfonamides is 1. The number of esters is 1. The average molecular weight is 453 g/mol. The third-order valence-corrected chi connectivity index (χ3v) is 6.56. The molecule has 3 aromatic carbocycles. The fourth-order valence-corrected chi connectivity index (χ4v) is 4.58. The summed E-state index contributed by atoms with van der Waals surface area (Å²) in [6.45, 7) is 3.45. The summed E-state index contributed by atoms with van der Waals surface area (Å²) in [5, 5.41) is 2.65. The van der Waals surface area contributed by atoms with Crippen LogP contribution in [0.4, 0.5) is 11.4 Å². The number of aryl methyl sites for hydroxylation is 1. The minimum atomic E-state index is -3.79. The summed E-state index contributed by atoms with van der Waals surface area (Å²) in [4.78, 5) is 24.3. The van der Waals surface area contributed by atoms with Gasteiger partial charge in [-0.15, -0.1) is 0 Å². The maximum Gasteiger partial charge on any atom is 0.338 e. The summed E-state index contributed by atoms with van der Waals surface area (Å²) in [6.07, 6.45) is 0. The number of nitrogens with zero attached hydrogens (tertiary/aromatic N) is 1. The second-order valence-electron chi connectivity index (χ2n) is 7.02. The fraction of sp³-hybridized carbons (Fsp3) is 0.167. The first-order valence-corrected chi connectivity index (χ1v) is 11.5. The normalized spacial score (nSPS) is 10.9. The van der Waals surface area contributed by atoms with Crippen LogP contribution in [0.5, 0.6) is 0 Å². The van der Waals surface area contributed by atoms with E-state index in [2.05, 4.69) is 5.32 Å². The van der Waals surface area contributed by atoms with Crippen LogP contribution >= 0.6 is 0 Å². The zero-order valence-corrected chi connectivity index (χ0v) is 18.6. The van der Waals surface area contributed by atoms with Crippen LogP contribution < -0.4 is 9.62 Å². The van der Waals surface area contributed by atoms with Crippen molar-refractivity contribution in [2.45, 2.75) is 18.7 Å². The third kappa shape index (κ3) is 5.53. The van der Waals surface area contributed by atoms with Crippen LogP contribution in [0.25, 0.3) is 0 Å². The number of rotatable bonds is 8. The largest absolute Gasteiger partial charge is 0.452 e. The first-order valence-electron chi connectivity index (χ1n) is 10.0. The molecule has 0 fully saturated rings. The van der Waals surface area contributed by atoms with Crippen LogP contribution in [-0.4, -0.2) is 33.4 Å². The van der Waals surface area contributed by atoms with E-state index in [1.54, 1.807) is 43.3 Å². The Kier molecular flexibility index (Phi) is 7.27. The molecule has 7 nitrogen and oxygen atoms in total. The van der Waals surface area contributed by atoms with E-state index < -0.39 is 28.5 Å². The van der Waals surface area contributed by atoms with Gasteiger partial charge in [-0.2, -0.15) is 0 Å². The Morgan fingerprint density at radius 2 is 1.62 bits per heavy atom. The standard InChI is InChI=1S/C24H24N2O5S/c1-3-26(21-10-5-4-6-11-21)32(29,30)22-14-12-19(13-15-22)24(28)31-17-23(27)25-20-9-7-8-18(2)16-20/h4-16H,3,17H2,1-2H3,(H,25,27). The highest BCUT2D eigenvalue weighted by molar-refractivity contribution is 7.92. The van der Waals surface area contributed by atoms with Gasteiger partial charge in [0.05, 0.1) is 16.1 Å². The van der Waals surface area contributed by atoms with E-state index in [1.807, 2.05) is 25.1 Å². The van der Waals surface area contributed by atoms with Crippen molar-refractivity contribution in [3.8, 4) is 0 Å². The van der Waals surface area contributed by atoms with Gasteiger partial charge in [0.25, 0.3) is 15.9 Å². The second kappa shape index (κ2) is 10.1. The molecule has 3 aromatic rings. The van der Waals surface area contributed by atoms with Crippen LogP contribution in [-0.2, 0) is 19.6 Å². The van der Waals surface area contributed by atoms with Crippen molar-refractivity contribution < 1.29 is 22.7 Å². The number of hydrogen-bond acceptors (Lipinski definition) is 5. The smallest absolute Gasteiger partial charge is 0.338 e. The lowest BCUT2D eigenvalue weighted by atomic mass is 10.2. The van der Waals surface area contributed by atoms with E-state index in [0.29, 0.717) is 11.4 Å². The Balaban J connectivity index is 1.64. The summed E-state index contributed by atoms with van der Waals surface area (Å²) in [5.41, 5.74) is 2.30. The number of benzene rings is 3. The van der Waals surface area contributed by atoms with Crippen LogP contribution in [0, 0.1) is 6.92 Å². The Morgan fingerprint density at radius 1 is 0.938 bits per heavy atom. The number of nitrogens with one attached hydrogen (secondary N) is 1. The molecular formula is C24H24N2O5S. The van der Waals surface area contributed by atoms with E-state index >= 15 is 0 Å². The molecule has 32 heavy (non-hydrogen) atoms. The zero-order valence-electron chi connectivity index (χ0n) is 17.8. The number of amides is 1. The minimum Gasteiger partial charge on any atom is -0.452 e. The molecule has 0 radical (unpaired) electrons. The molecule has 1 amide bonds. The molecule has 3 rings (SSSR count). The van der Waals surface area contributed by atoms with Crippen molar-refractivity contribution in [3.63, 3.8) is 0 Å². The van der Waals surface area contributed by atoms with E-state index in [4.69, 9.17) is 4.74 Å². The molecule has 1 N–H and O–H groups in total. The number of hydrogen-bond donors (Lipinski definition) is 1. The number of ether oxygens (including phenoxy) is 1. The summed E-state index contributed by atoms with van der Waals surface area (Å²) in [7, 11) is -3.79. The van der Waals surface area contributed by atoms with Gasteiger partial charge in [0.2, 0.25) is 0 Å². The van der Waals surface area contributed by atoms with Crippen LogP contribution in [0.1, 0.15) is 22.8 Å². The molecule has 0 unspecified atom stereocenters. The second-order valence-corrected chi connectivity index (χ2v) is 8.89. The lowest BCUT2D eigenvalue weighted by Gasteiger charge is -2.22. The molecule has 0 heterocycles. The Bertz CT molecular complexity index is 1190.